The van der Waals surface area contributed by atoms with Crippen molar-refractivity contribution in [2.45, 2.75) is 129 Å². The van der Waals surface area contributed by atoms with Gasteiger partial charge in [0.25, 0.3) is 0 Å². The molecule has 0 saturated carbocycles. The Hall–Kier alpha value is -0.780. The van der Waals surface area contributed by atoms with Crippen LogP contribution in [0, 0.1) is 0 Å². The van der Waals surface area contributed by atoms with Crippen LogP contribution in [0.15, 0.2) is 24.3 Å². The van der Waals surface area contributed by atoms with E-state index in [1.807, 2.05) is 0 Å². The van der Waals surface area contributed by atoms with Gasteiger partial charge in [-0.05, 0) is 36.8 Å². The van der Waals surface area contributed by atoms with Gasteiger partial charge in [0, 0.05) is 0 Å². The van der Waals surface area contributed by atoms with E-state index in [1.54, 1.807) is 0 Å². The Bertz CT molecular complexity index is 389. The number of unbranched alkanes of at least 4 members (excludes halogenated alkanes) is 14. The van der Waals surface area contributed by atoms with E-state index in [0.717, 1.165) is 0 Å². The van der Waals surface area contributed by atoms with E-state index in [0.29, 0.717) is 0 Å². The van der Waals surface area contributed by atoms with Gasteiger partial charge in [0.15, 0.2) is 0 Å². The van der Waals surface area contributed by atoms with Crippen LogP contribution in [0.2, 0.25) is 0 Å². The molecule has 0 heteroatoms. The summed E-state index contributed by atoms with van der Waals surface area (Å²) in [7, 11) is 0. The quantitative estimate of drug-likeness (QED) is 0.229. The lowest BCUT2D eigenvalue weighted by molar-refractivity contribution is 0.556. The average molecular weight is 359 g/mol. The zero-order valence-electron chi connectivity index (χ0n) is 18.0. The highest BCUT2D eigenvalue weighted by Gasteiger charge is 1.98. The summed E-state index contributed by atoms with van der Waals surface area (Å²) < 4.78 is 0. The maximum atomic E-state index is 2.38. The average Bonchev–Trinajstić information content (AvgIpc) is 2.67. The third-order valence-corrected chi connectivity index (χ3v) is 5.66. The third kappa shape index (κ3) is 13.4. The highest BCUT2D eigenvalue weighted by atomic mass is 14.0. The minimum atomic E-state index is 1.27. The zero-order chi connectivity index (χ0) is 18.7. The smallest absolute Gasteiger partial charge is 0.0279 e. The van der Waals surface area contributed by atoms with Crippen molar-refractivity contribution in [3.8, 4) is 0 Å². The predicted molar refractivity (Wildman–Crippen MR) is 119 cm³/mol. The highest BCUT2D eigenvalue weighted by Crippen LogP contribution is 2.14. The first kappa shape index (κ1) is 23.3. The van der Waals surface area contributed by atoms with E-state index in [-0.39, 0.29) is 0 Å². The van der Waals surface area contributed by atoms with E-state index in [9.17, 15) is 0 Å². The molecule has 150 valence electrons. The second-order valence-electron chi connectivity index (χ2n) is 8.27. The highest BCUT2D eigenvalue weighted by molar-refractivity contribution is 5.22. The molecule has 0 aliphatic carbocycles. The molecular weight excluding hydrogens is 312 g/mol. The third-order valence-electron chi connectivity index (χ3n) is 5.66. The topological polar surface area (TPSA) is 0 Å². The van der Waals surface area contributed by atoms with E-state index >= 15 is 0 Å². The molecule has 1 aromatic carbocycles. The van der Waals surface area contributed by atoms with Gasteiger partial charge in [0.2, 0.25) is 0 Å². The molecule has 1 rings (SSSR count). The fourth-order valence-corrected chi connectivity index (χ4v) is 3.80. The molecular formula is C26H46. The summed E-state index contributed by atoms with van der Waals surface area (Å²) in [6.45, 7) is 4.58. The fraction of sp³-hybridized carbons (Fsp3) is 0.769. The molecule has 0 heterocycles. The Labute approximate surface area is 165 Å². The second kappa shape index (κ2) is 17.6. The summed E-state index contributed by atoms with van der Waals surface area (Å²) in [5.74, 6) is 0. The van der Waals surface area contributed by atoms with Crippen LogP contribution < -0.4 is 0 Å². The Morgan fingerprint density at radius 1 is 0.385 bits per heavy atom. The predicted octanol–water partition coefficient (Wildman–Crippen LogP) is 9.05. The first-order valence-electron chi connectivity index (χ1n) is 11.9. The zero-order valence-corrected chi connectivity index (χ0v) is 18.0. The van der Waals surface area contributed by atoms with Crippen molar-refractivity contribution >= 4 is 0 Å². The molecule has 26 heavy (non-hydrogen) atoms. The van der Waals surface area contributed by atoms with E-state index in [4.69, 9.17) is 0 Å². The van der Waals surface area contributed by atoms with Gasteiger partial charge in [-0.1, -0.05) is 128 Å². The number of hydrogen-bond acceptors (Lipinski definition) is 0. The molecule has 0 saturated heterocycles. The largest absolute Gasteiger partial charge is 0.0654 e. The summed E-state index contributed by atoms with van der Waals surface area (Å²) in [5, 5.41) is 0. The Kier molecular flexibility index (Phi) is 15.8. The van der Waals surface area contributed by atoms with Crippen molar-refractivity contribution in [3.63, 3.8) is 0 Å². The van der Waals surface area contributed by atoms with Crippen molar-refractivity contribution in [2.75, 3.05) is 0 Å². The van der Waals surface area contributed by atoms with Crippen LogP contribution in [0.4, 0.5) is 0 Å². The summed E-state index contributed by atoms with van der Waals surface area (Å²) in [6.07, 6.45) is 25.2. The number of hydrogen-bond donors (Lipinski definition) is 0. The Morgan fingerprint density at radius 3 is 0.962 bits per heavy atom. The lowest BCUT2D eigenvalue weighted by Crippen LogP contribution is -1.90. The normalized spacial score (nSPS) is 11.2. The van der Waals surface area contributed by atoms with Gasteiger partial charge in [-0.25, -0.2) is 0 Å². The van der Waals surface area contributed by atoms with Crippen LogP contribution in [-0.2, 0) is 12.8 Å². The molecule has 0 bridgehead atoms. The number of aryl methyl sites for hydroxylation is 2. The van der Waals surface area contributed by atoms with Gasteiger partial charge in [0.05, 0.1) is 0 Å². The molecule has 0 aliphatic heterocycles. The molecule has 0 nitrogen and oxygen atoms in total. The van der Waals surface area contributed by atoms with Crippen LogP contribution in [0.1, 0.15) is 128 Å². The first-order valence-corrected chi connectivity index (χ1v) is 11.9. The van der Waals surface area contributed by atoms with Crippen molar-refractivity contribution in [3.05, 3.63) is 35.4 Å². The lowest BCUT2D eigenvalue weighted by Gasteiger charge is -2.05. The standard InChI is InChI=1S/C26H46/c1-3-5-7-9-11-12-13-14-16-18-20-26-23-21-25(22-24-26)19-17-15-10-8-6-4-2/h21-24H,3-20H2,1-2H3. The molecule has 0 N–H and O–H groups in total. The molecule has 0 atom stereocenters. The number of rotatable bonds is 18. The molecule has 0 amide bonds. The summed E-state index contributed by atoms with van der Waals surface area (Å²) in [5.41, 5.74) is 3.07. The SMILES string of the molecule is CCCCCCCCCCCCc1ccc(CCCCCCCC)cc1. The van der Waals surface area contributed by atoms with Gasteiger partial charge >= 0.3 is 0 Å². The van der Waals surface area contributed by atoms with Crippen LogP contribution in [-0.4, -0.2) is 0 Å². The minimum Gasteiger partial charge on any atom is -0.0654 e. The monoisotopic (exact) mass is 358 g/mol. The molecule has 0 aromatic heterocycles. The van der Waals surface area contributed by atoms with Crippen molar-refractivity contribution in [2.24, 2.45) is 0 Å². The van der Waals surface area contributed by atoms with Gasteiger partial charge in [-0.3, -0.25) is 0 Å². The molecule has 0 aliphatic rings. The summed E-state index contributed by atoms with van der Waals surface area (Å²) in [4.78, 5) is 0. The van der Waals surface area contributed by atoms with E-state index in [1.165, 1.54) is 127 Å². The van der Waals surface area contributed by atoms with Crippen LogP contribution in [0.5, 0.6) is 0 Å². The minimum absolute atomic E-state index is 1.27. The Morgan fingerprint density at radius 2 is 0.654 bits per heavy atom. The molecule has 0 radical (unpaired) electrons. The van der Waals surface area contributed by atoms with Crippen LogP contribution >= 0.6 is 0 Å². The summed E-state index contributed by atoms with van der Waals surface area (Å²) in [6, 6.07) is 9.50. The van der Waals surface area contributed by atoms with Gasteiger partial charge in [-0.15, -0.1) is 0 Å². The van der Waals surface area contributed by atoms with E-state index < -0.39 is 0 Å². The molecule has 0 unspecified atom stereocenters. The van der Waals surface area contributed by atoms with Crippen molar-refractivity contribution in [1.82, 2.24) is 0 Å². The van der Waals surface area contributed by atoms with Gasteiger partial charge < -0.3 is 0 Å². The molecule has 0 fully saturated rings. The lowest BCUT2D eigenvalue weighted by atomic mass is 10.0. The fourth-order valence-electron chi connectivity index (χ4n) is 3.80. The van der Waals surface area contributed by atoms with Crippen molar-refractivity contribution in [1.29, 1.82) is 0 Å². The van der Waals surface area contributed by atoms with Crippen LogP contribution in [0.3, 0.4) is 0 Å². The number of benzene rings is 1. The maximum Gasteiger partial charge on any atom is -0.0279 e. The van der Waals surface area contributed by atoms with Crippen molar-refractivity contribution < 1.29 is 0 Å². The Balaban J connectivity index is 1.96. The van der Waals surface area contributed by atoms with E-state index in [2.05, 4.69) is 38.1 Å². The van der Waals surface area contributed by atoms with Crippen LogP contribution in [0.25, 0.3) is 0 Å². The molecule has 0 spiro atoms. The maximum absolute atomic E-state index is 2.38. The summed E-state index contributed by atoms with van der Waals surface area (Å²) >= 11 is 0. The van der Waals surface area contributed by atoms with Gasteiger partial charge in [0.1, 0.15) is 0 Å². The second-order valence-corrected chi connectivity index (χ2v) is 8.27. The molecule has 1 aromatic rings. The van der Waals surface area contributed by atoms with Gasteiger partial charge in [-0.2, -0.15) is 0 Å². The first-order chi connectivity index (χ1) is 12.9.